The van der Waals surface area contributed by atoms with E-state index < -0.39 is 0 Å². The number of pyridine rings is 2. The molecule has 0 saturated carbocycles. The minimum Gasteiger partial charge on any atom is -0.493 e. The molecule has 0 radical (unpaired) electrons. The van der Waals surface area contributed by atoms with Crippen LogP contribution in [-0.4, -0.2) is 58.5 Å². The summed E-state index contributed by atoms with van der Waals surface area (Å²) in [6, 6.07) is 9.27. The van der Waals surface area contributed by atoms with Crippen LogP contribution in [0.3, 0.4) is 0 Å². The van der Waals surface area contributed by atoms with Crippen LogP contribution < -0.4 is 9.47 Å². The molecule has 0 atom stereocenters. The number of rotatable bonds is 5. The van der Waals surface area contributed by atoms with Gasteiger partial charge in [-0.3, -0.25) is 0 Å². The fourth-order valence-electron chi connectivity index (χ4n) is 3.70. The Kier molecular flexibility index (Phi) is 5.23. The topological polar surface area (TPSA) is 78.2 Å². The maximum Gasteiger partial charge on any atom is 0.416 e. The average Bonchev–Trinajstić information content (AvgIpc) is 3.17. The minimum atomic E-state index is -0.338. The average molecular weight is 408 g/mol. The molecule has 3 aromatic heterocycles. The van der Waals surface area contributed by atoms with Gasteiger partial charge in [0.25, 0.3) is 0 Å². The van der Waals surface area contributed by atoms with Gasteiger partial charge in [0, 0.05) is 42.9 Å². The van der Waals surface area contributed by atoms with Crippen LogP contribution in [0.4, 0.5) is 4.79 Å². The van der Waals surface area contributed by atoms with E-state index in [1.807, 2.05) is 30.5 Å². The summed E-state index contributed by atoms with van der Waals surface area (Å²) >= 11 is 0. The molecule has 5 heterocycles. The van der Waals surface area contributed by atoms with Crippen LogP contribution in [0.5, 0.6) is 11.6 Å². The van der Waals surface area contributed by atoms with Crippen LogP contribution in [0.15, 0.2) is 42.7 Å². The molecule has 2 fully saturated rings. The van der Waals surface area contributed by atoms with Gasteiger partial charge in [0.05, 0.1) is 37.2 Å². The summed E-state index contributed by atoms with van der Waals surface area (Å²) in [6.45, 7) is 3.63. The highest BCUT2D eigenvalue weighted by Gasteiger charge is 2.20. The number of likely N-dealkylation sites (tertiary alicyclic amines) is 1. The molecule has 0 spiro atoms. The molecule has 0 unspecified atom stereocenters. The molecule has 0 bridgehead atoms. The first-order valence-corrected chi connectivity index (χ1v) is 10.4. The lowest BCUT2D eigenvalue weighted by atomic mass is 10.1. The molecule has 2 aliphatic heterocycles. The van der Waals surface area contributed by atoms with Gasteiger partial charge in [-0.05, 0) is 31.4 Å². The van der Waals surface area contributed by atoms with Crippen molar-refractivity contribution in [3.63, 3.8) is 0 Å². The summed E-state index contributed by atoms with van der Waals surface area (Å²) in [5, 5.41) is 4.41. The maximum absolute atomic E-state index is 12.4. The first-order valence-electron chi connectivity index (χ1n) is 10.4. The number of piperidine rings is 1. The third kappa shape index (κ3) is 3.95. The van der Waals surface area contributed by atoms with E-state index in [-0.39, 0.29) is 6.09 Å². The number of carbonyl (C=O) groups is 1. The minimum absolute atomic E-state index is 0.291. The van der Waals surface area contributed by atoms with E-state index in [0.717, 1.165) is 62.4 Å². The molecule has 8 nitrogen and oxygen atoms in total. The van der Waals surface area contributed by atoms with Gasteiger partial charge in [-0.25, -0.2) is 14.3 Å². The molecule has 30 heavy (non-hydrogen) atoms. The number of hydrogen-bond donors (Lipinski definition) is 0. The highest BCUT2D eigenvalue weighted by atomic mass is 16.6. The largest absolute Gasteiger partial charge is 0.493 e. The van der Waals surface area contributed by atoms with Crippen molar-refractivity contribution in [2.75, 3.05) is 32.9 Å². The molecule has 0 aliphatic carbocycles. The molecule has 2 saturated heterocycles. The van der Waals surface area contributed by atoms with E-state index in [4.69, 9.17) is 14.2 Å². The standard InChI is InChI=1S/C22H24N4O4/c27-22(25-8-2-1-3-9-25)30-21-6-4-5-19(24-21)18-12-23-26-10-7-17(11-20(18)26)29-15-16-13-28-14-16/h4-7,10-12,16H,1-3,8-9,13-15H2. The normalized spacial score (nSPS) is 17.0. The Hall–Kier alpha value is -3.13. The molecule has 1 amide bonds. The van der Waals surface area contributed by atoms with Gasteiger partial charge in [-0.15, -0.1) is 0 Å². The third-order valence-electron chi connectivity index (χ3n) is 5.49. The maximum atomic E-state index is 12.4. The number of amides is 1. The second-order valence-corrected chi connectivity index (χ2v) is 7.74. The van der Waals surface area contributed by atoms with Crippen LogP contribution in [0.25, 0.3) is 16.8 Å². The second-order valence-electron chi connectivity index (χ2n) is 7.74. The third-order valence-corrected chi connectivity index (χ3v) is 5.49. The highest BCUT2D eigenvalue weighted by Crippen LogP contribution is 2.27. The zero-order chi connectivity index (χ0) is 20.3. The number of carbonyl (C=O) groups excluding carboxylic acids is 1. The molecular weight excluding hydrogens is 384 g/mol. The van der Waals surface area contributed by atoms with Crippen molar-refractivity contribution < 1.29 is 19.0 Å². The molecule has 0 aromatic carbocycles. The zero-order valence-electron chi connectivity index (χ0n) is 16.7. The van der Waals surface area contributed by atoms with Crippen molar-refractivity contribution in [3.05, 3.63) is 42.7 Å². The predicted octanol–water partition coefficient (Wildman–Crippen LogP) is 3.41. The molecule has 0 N–H and O–H groups in total. The van der Waals surface area contributed by atoms with E-state index >= 15 is 0 Å². The van der Waals surface area contributed by atoms with Crippen LogP contribution in [0.2, 0.25) is 0 Å². The zero-order valence-corrected chi connectivity index (χ0v) is 16.7. The predicted molar refractivity (Wildman–Crippen MR) is 110 cm³/mol. The first kappa shape index (κ1) is 18.9. The van der Waals surface area contributed by atoms with Gasteiger partial charge in [0.1, 0.15) is 5.75 Å². The quantitative estimate of drug-likeness (QED) is 0.644. The number of fused-ring (bicyclic) bond motifs is 1. The lowest BCUT2D eigenvalue weighted by molar-refractivity contribution is -0.0508. The van der Waals surface area contributed by atoms with E-state index in [2.05, 4.69) is 10.1 Å². The van der Waals surface area contributed by atoms with Crippen molar-refractivity contribution in [2.24, 2.45) is 5.92 Å². The van der Waals surface area contributed by atoms with Gasteiger partial charge in [0.2, 0.25) is 5.88 Å². The van der Waals surface area contributed by atoms with Crippen molar-refractivity contribution in [1.82, 2.24) is 19.5 Å². The number of nitrogens with zero attached hydrogens (tertiary/aromatic N) is 4. The summed E-state index contributed by atoms with van der Waals surface area (Å²) in [5.41, 5.74) is 2.42. The summed E-state index contributed by atoms with van der Waals surface area (Å²) in [7, 11) is 0. The fraction of sp³-hybridized carbons (Fsp3) is 0.409. The monoisotopic (exact) mass is 408 g/mol. The van der Waals surface area contributed by atoms with E-state index in [1.54, 1.807) is 21.7 Å². The van der Waals surface area contributed by atoms with Gasteiger partial charge >= 0.3 is 6.09 Å². The molecule has 2 aliphatic rings. The Balaban J connectivity index is 1.35. The van der Waals surface area contributed by atoms with Crippen LogP contribution in [0.1, 0.15) is 19.3 Å². The molecular formula is C22H24N4O4. The Morgan fingerprint density at radius 2 is 2.03 bits per heavy atom. The number of ether oxygens (including phenoxy) is 3. The van der Waals surface area contributed by atoms with Gasteiger partial charge < -0.3 is 19.1 Å². The summed E-state index contributed by atoms with van der Waals surface area (Å²) < 4.78 is 18.4. The Labute approximate surface area is 174 Å². The summed E-state index contributed by atoms with van der Waals surface area (Å²) in [5.74, 6) is 1.53. The Bertz CT molecular complexity index is 1040. The van der Waals surface area contributed by atoms with Crippen LogP contribution in [-0.2, 0) is 4.74 Å². The van der Waals surface area contributed by atoms with Crippen molar-refractivity contribution in [3.8, 4) is 22.9 Å². The summed E-state index contributed by atoms with van der Waals surface area (Å²) in [4.78, 5) is 18.7. The van der Waals surface area contributed by atoms with E-state index in [0.29, 0.717) is 24.1 Å². The smallest absolute Gasteiger partial charge is 0.416 e. The SMILES string of the molecule is O=C(Oc1cccc(-c2cnn3ccc(OCC4COC4)cc23)n1)N1CCCCC1. The van der Waals surface area contributed by atoms with E-state index in [1.165, 1.54) is 0 Å². The van der Waals surface area contributed by atoms with Crippen molar-refractivity contribution in [1.29, 1.82) is 0 Å². The van der Waals surface area contributed by atoms with Crippen molar-refractivity contribution in [2.45, 2.75) is 19.3 Å². The Morgan fingerprint density at radius 3 is 2.83 bits per heavy atom. The Morgan fingerprint density at radius 1 is 1.17 bits per heavy atom. The number of aromatic nitrogens is 3. The lowest BCUT2D eigenvalue weighted by Crippen LogP contribution is -2.37. The molecule has 156 valence electrons. The van der Waals surface area contributed by atoms with Gasteiger partial charge in [-0.2, -0.15) is 5.10 Å². The fourth-order valence-corrected chi connectivity index (χ4v) is 3.70. The van der Waals surface area contributed by atoms with Gasteiger partial charge in [-0.1, -0.05) is 6.07 Å². The molecule has 5 rings (SSSR count). The highest BCUT2D eigenvalue weighted by molar-refractivity contribution is 5.79. The number of hydrogen-bond acceptors (Lipinski definition) is 6. The molecule has 3 aromatic rings. The summed E-state index contributed by atoms with van der Waals surface area (Å²) in [6.07, 6.45) is 6.48. The first-order chi connectivity index (χ1) is 14.8. The van der Waals surface area contributed by atoms with Crippen molar-refractivity contribution >= 4 is 11.6 Å². The van der Waals surface area contributed by atoms with Gasteiger partial charge in [0.15, 0.2) is 0 Å². The lowest BCUT2D eigenvalue weighted by Gasteiger charge is -2.25. The van der Waals surface area contributed by atoms with Crippen LogP contribution in [0, 0.1) is 5.92 Å². The second kappa shape index (κ2) is 8.31. The van der Waals surface area contributed by atoms with Crippen LogP contribution >= 0.6 is 0 Å². The molecule has 8 heteroatoms. The van der Waals surface area contributed by atoms with E-state index in [9.17, 15) is 4.79 Å².